The molecule has 0 heterocycles. The molecular formula is C17H19N2O5-. The number of hydrogen-bond donors (Lipinski definition) is 2. The smallest absolute Gasteiger partial charge is 0.228 e. The normalized spacial score (nSPS) is 19.4. The molecule has 0 saturated heterocycles. The number of hydrogen-bond acceptors (Lipinski definition) is 5. The highest BCUT2D eigenvalue weighted by Gasteiger charge is 2.30. The van der Waals surface area contributed by atoms with Gasteiger partial charge < -0.3 is 25.3 Å². The number of carbonyl (C=O) groups excluding carboxylic acids is 3. The fourth-order valence-electron chi connectivity index (χ4n) is 2.68. The Morgan fingerprint density at radius 2 is 1.79 bits per heavy atom. The van der Waals surface area contributed by atoms with Gasteiger partial charge in [0.1, 0.15) is 5.75 Å². The van der Waals surface area contributed by atoms with E-state index in [0.717, 1.165) is 0 Å². The van der Waals surface area contributed by atoms with Crippen molar-refractivity contribution < 1.29 is 24.2 Å². The fraction of sp³-hybridized carbons (Fsp3) is 0.353. The molecule has 1 aromatic carbocycles. The Balaban J connectivity index is 2.22. The van der Waals surface area contributed by atoms with Crippen molar-refractivity contribution in [1.82, 2.24) is 0 Å². The number of benzene rings is 1. The lowest BCUT2D eigenvalue weighted by Gasteiger charge is -2.28. The predicted octanol–water partition coefficient (Wildman–Crippen LogP) is 0.924. The number of anilines is 2. The van der Waals surface area contributed by atoms with Crippen LogP contribution in [0, 0.1) is 11.8 Å². The molecule has 0 radical (unpaired) electrons. The molecular weight excluding hydrogens is 312 g/mol. The first-order valence-corrected chi connectivity index (χ1v) is 7.54. The molecule has 24 heavy (non-hydrogen) atoms. The van der Waals surface area contributed by atoms with Crippen molar-refractivity contribution in [2.24, 2.45) is 11.8 Å². The Labute approximate surface area is 139 Å². The Hall–Kier alpha value is -2.83. The third-order valence-electron chi connectivity index (χ3n) is 3.85. The van der Waals surface area contributed by atoms with Gasteiger partial charge >= 0.3 is 0 Å². The number of carbonyl (C=O) groups is 3. The van der Waals surface area contributed by atoms with Crippen molar-refractivity contribution in [2.45, 2.75) is 19.8 Å². The summed E-state index contributed by atoms with van der Waals surface area (Å²) in [6, 6.07) is 4.81. The first-order chi connectivity index (χ1) is 11.4. The SMILES string of the molecule is COc1ccc(NC(C)=O)cc1NC(=O)[C@@H]1CC=CC[C@H]1C(=O)[O-]. The van der Waals surface area contributed by atoms with Crippen LogP contribution in [0.5, 0.6) is 5.75 Å². The number of rotatable bonds is 5. The van der Waals surface area contributed by atoms with Gasteiger partial charge in [0, 0.05) is 24.5 Å². The van der Waals surface area contributed by atoms with Crippen molar-refractivity contribution in [2.75, 3.05) is 17.7 Å². The van der Waals surface area contributed by atoms with Gasteiger partial charge in [-0.05, 0) is 31.0 Å². The van der Waals surface area contributed by atoms with Crippen LogP contribution in [0.15, 0.2) is 30.4 Å². The van der Waals surface area contributed by atoms with Crippen LogP contribution < -0.4 is 20.5 Å². The molecule has 128 valence electrons. The Kier molecular flexibility index (Phi) is 5.57. The topological polar surface area (TPSA) is 108 Å². The van der Waals surface area contributed by atoms with Gasteiger partial charge in [-0.15, -0.1) is 0 Å². The van der Waals surface area contributed by atoms with E-state index in [1.807, 2.05) is 0 Å². The van der Waals surface area contributed by atoms with E-state index in [4.69, 9.17) is 4.74 Å². The maximum absolute atomic E-state index is 12.5. The largest absolute Gasteiger partial charge is 0.550 e. The summed E-state index contributed by atoms with van der Waals surface area (Å²) in [5, 5.41) is 16.5. The second-order valence-corrected chi connectivity index (χ2v) is 5.56. The van der Waals surface area contributed by atoms with Crippen LogP contribution >= 0.6 is 0 Å². The van der Waals surface area contributed by atoms with Gasteiger partial charge in [-0.1, -0.05) is 12.2 Å². The zero-order chi connectivity index (χ0) is 17.7. The quantitative estimate of drug-likeness (QED) is 0.780. The van der Waals surface area contributed by atoms with Gasteiger partial charge in [-0.3, -0.25) is 9.59 Å². The molecule has 0 bridgehead atoms. The molecule has 0 aliphatic heterocycles. The average Bonchev–Trinajstić information content (AvgIpc) is 2.54. The summed E-state index contributed by atoms with van der Waals surface area (Å²) in [7, 11) is 1.45. The van der Waals surface area contributed by atoms with Crippen LogP contribution in [0.1, 0.15) is 19.8 Å². The molecule has 1 aliphatic rings. The molecule has 0 spiro atoms. The minimum atomic E-state index is -1.24. The van der Waals surface area contributed by atoms with E-state index in [1.54, 1.807) is 30.4 Å². The number of carboxylic acid groups (broad SMARTS) is 1. The van der Waals surface area contributed by atoms with Crippen molar-refractivity contribution in [3.8, 4) is 5.75 Å². The van der Waals surface area contributed by atoms with Crippen LogP contribution in [0.2, 0.25) is 0 Å². The van der Waals surface area contributed by atoms with Crippen molar-refractivity contribution in [3.05, 3.63) is 30.4 Å². The van der Waals surface area contributed by atoms with Gasteiger partial charge in [0.15, 0.2) is 0 Å². The molecule has 1 aromatic rings. The van der Waals surface area contributed by atoms with Crippen LogP contribution in [0.3, 0.4) is 0 Å². The van der Waals surface area contributed by atoms with Gasteiger partial charge in [-0.25, -0.2) is 0 Å². The molecule has 0 unspecified atom stereocenters. The van der Waals surface area contributed by atoms with E-state index in [2.05, 4.69) is 10.6 Å². The molecule has 2 amide bonds. The maximum Gasteiger partial charge on any atom is 0.228 e. The fourth-order valence-corrected chi connectivity index (χ4v) is 2.68. The van der Waals surface area contributed by atoms with Crippen molar-refractivity contribution in [3.63, 3.8) is 0 Å². The number of carboxylic acids is 1. The summed E-state index contributed by atoms with van der Waals surface area (Å²) >= 11 is 0. The number of methoxy groups -OCH3 is 1. The highest BCUT2D eigenvalue weighted by Crippen LogP contribution is 2.31. The van der Waals surface area contributed by atoms with Crippen LogP contribution in [-0.2, 0) is 14.4 Å². The highest BCUT2D eigenvalue weighted by molar-refractivity contribution is 5.97. The van der Waals surface area contributed by atoms with Crippen molar-refractivity contribution in [1.29, 1.82) is 0 Å². The first kappa shape index (κ1) is 17.5. The Morgan fingerprint density at radius 3 is 2.38 bits per heavy atom. The number of allylic oxidation sites excluding steroid dienone is 2. The van der Waals surface area contributed by atoms with Crippen LogP contribution in [0.4, 0.5) is 11.4 Å². The molecule has 2 atom stereocenters. The number of ether oxygens (including phenoxy) is 1. The predicted molar refractivity (Wildman–Crippen MR) is 86.3 cm³/mol. The molecule has 1 aliphatic carbocycles. The third kappa shape index (κ3) is 4.13. The molecule has 2 rings (SSSR count). The number of nitrogens with one attached hydrogen (secondary N) is 2. The lowest BCUT2D eigenvalue weighted by molar-refractivity contribution is -0.313. The van der Waals surface area contributed by atoms with E-state index in [1.165, 1.54) is 14.0 Å². The van der Waals surface area contributed by atoms with Gasteiger partial charge in [0.2, 0.25) is 11.8 Å². The third-order valence-corrected chi connectivity index (χ3v) is 3.85. The van der Waals surface area contributed by atoms with Crippen LogP contribution in [-0.4, -0.2) is 24.9 Å². The summed E-state index contributed by atoms with van der Waals surface area (Å²) in [5.74, 6) is -3.07. The molecule has 0 fully saturated rings. The standard InChI is InChI=1S/C17H20N2O5/c1-10(20)18-11-7-8-15(24-2)14(9-11)19-16(21)12-5-3-4-6-13(12)17(22)23/h3-4,7-9,12-13H,5-6H2,1-2H3,(H,18,20)(H,19,21)(H,22,23)/p-1/t12-,13-/m1/s1. The molecule has 0 aromatic heterocycles. The number of amides is 2. The summed E-state index contributed by atoms with van der Waals surface area (Å²) in [6.07, 6.45) is 4.12. The summed E-state index contributed by atoms with van der Waals surface area (Å²) in [6.45, 7) is 1.38. The Bertz CT molecular complexity index is 684. The molecule has 7 nitrogen and oxygen atoms in total. The average molecular weight is 331 g/mol. The molecule has 7 heteroatoms. The minimum Gasteiger partial charge on any atom is -0.550 e. The lowest BCUT2D eigenvalue weighted by atomic mass is 9.82. The van der Waals surface area contributed by atoms with E-state index in [9.17, 15) is 19.5 Å². The number of aliphatic carboxylic acids is 1. The Morgan fingerprint density at radius 1 is 1.12 bits per heavy atom. The van der Waals surface area contributed by atoms with Gasteiger partial charge in [0.05, 0.1) is 18.7 Å². The maximum atomic E-state index is 12.5. The van der Waals surface area contributed by atoms with Gasteiger partial charge in [0.25, 0.3) is 0 Å². The first-order valence-electron chi connectivity index (χ1n) is 7.54. The monoisotopic (exact) mass is 331 g/mol. The van der Waals surface area contributed by atoms with E-state index in [-0.39, 0.29) is 12.3 Å². The van der Waals surface area contributed by atoms with E-state index < -0.39 is 23.7 Å². The summed E-state index contributed by atoms with van der Waals surface area (Å²) in [5.41, 5.74) is 0.860. The van der Waals surface area contributed by atoms with Gasteiger partial charge in [-0.2, -0.15) is 0 Å². The molecule has 0 saturated carbocycles. The van der Waals surface area contributed by atoms with E-state index >= 15 is 0 Å². The van der Waals surface area contributed by atoms with E-state index in [0.29, 0.717) is 23.5 Å². The second-order valence-electron chi connectivity index (χ2n) is 5.56. The summed E-state index contributed by atoms with van der Waals surface area (Å²) < 4.78 is 5.20. The second kappa shape index (κ2) is 7.63. The molecule has 2 N–H and O–H groups in total. The summed E-state index contributed by atoms with van der Waals surface area (Å²) in [4.78, 5) is 34.9. The van der Waals surface area contributed by atoms with Crippen LogP contribution in [0.25, 0.3) is 0 Å². The highest BCUT2D eigenvalue weighted by atomic mass is 16.5. The zero-order valence-corrected chi connectivity index (χ0v) is 13.5. The van der Waals surface area contributed by atoms with Crippen molar-refractivity contribution >= 4 is 29.2 Å². The zero-order valence-electron chi connectivity index (χ0n) is 13.5. The minimum absolute atomic E-state index is 0.244. The lowest BCUT2D eigenvalue weighted by Crippen LogP contribution is -2.41.